The van der Waals surface area contributed by atoms with Gasteiger partial charge in [-0.15, -0.1) is 0 Å². The lowest BCUT2D eigenvalue weighted by Crippen LogP contribution is -2.27. The van der Waals surface area contributed by atoms with Crippen LogP contribution in [0, 0.1) is 5.92 Å². The first-order chi connectivity index (χ1) is 9.28. The van der Waals surface area contributed by atoms with E-state index in [1.165, 1.54) is 18.4 Å². The number of hydrogen-bond donors (Lipinski definition) is 1. The summed E-state index contributed by atoms with van der Waals surface area (Å²) >= 11 is 6.06. The summed E-state index contributed by atoms with van der Waals surface area (Å²) in [7, 11) is 0. The largest absolute Gasteiger partial charge is 0.378 e. The Morgan fingerprint density at radius 2 is 2.37 bits per heavy atom. The second-order valence-electron chi connectivity index (χ2n) is 5.38. The number of benzene rings is 1. The highest BCUT2D eigenvalue weighted by molar-refractivity contribution is 6.30. The minimum atomic E-state index is 0.461. The van der Waals surface area contributed by atoms with Crippen LogP contribution >= 0.6 is 11.6 Å². The summed E-state index contributed by atoms with van der Waals surface area (Å²) in [5, 5.41) is 4.30. The molecule has 0 saturated carbocycles. The molecule has 1 aliphatic heterocycles. The molecule has 2 atom stereocenters. The van der Waals surface area contributed by atoms with Crippen LogP contribution < -0.4 is 5.32 Å². The van der Waals surface area contributed by atoms with Gasteiger partial charge in [0.2, 0.25) is 0 Å². The number of rotatable bonds is 7. The van der Waals surface area contributed by atoms with E-state index in [0.717, 1.165) is 37.6 Å². The second-order valence-corrected chi connectivity index (χ2v) is 5.81. The van der Waals surface area contributed by atoms with Gasteiger partial charge >= 0.3 is 0 Å². The quantitative estimate of drug-likeness (QED) is 0.823. The van der Waals surface area contributed by atoms with Gasteiger partial charge in [0.25, 0.3) is 0 Å². The normalized spacial score (nSPS) is 20.6. The third kappa shape index (κ3) is 5.13. The monoisotopic (exact) mass is 281 g/mol. The van der Waals surface area contributed by atoms with Crippen molar-refractivity contribution in [2.24, 2.45) is 5.92 Å². The molecule has 0 aromatic heterocycles. The second kappa shape index (κ2) is 7.88. The molecular weight excluding hydrogens is 258 g/mol. The van der Waals surface area contributed by atoms with Crippen molar-refractivity contribution in [3.8, 4) is 0 Å². The van der Waals surface area contributed by atoms with Gasteiger partial charge in [-0.1, -0.05) is 30.7 Å². The van der Waals surface area contributed by atoms with Crippen LogP contribution in [-0.4, -0.2) is 25.8 Å². The van der Waals surface area contributed by atoms with Gasteiger partial charge in [-0.05, 0) is 62.4 Å². The van der Waals surface area contributed by atoms with Crippen molar-refractivity contribution in [1.29, 1.82) is 0 Å². The number of ether oxygens (including phenoxy) is 1. The topological polar surface area (TPSA) is 21.3 Å². The van der Waals surface area contributed by atoms with E-state index in [1.54, 1.807) is 0 Å². The van der Waals surface area contributed by atoms with Crippen LogP contribution in [-0.2, 0) is 11.2 Å². The highest BCUT2D eigenvalue weighted by atomic mass is 35.5. The molecule has 2 rings (SSSR count). The molecule has 1 saturated heterocycles. The Balaban J connectivity index is 1.92. The molecule has 1 aliphatic rings. The van der Waals surface area contributed by atoms with Crippen molar-refractivity contribution >= 4 is 11.6 Å². The predicted octanol–water partition coefficient (Wildman–Crippen LogP) is 3.68. The van der Waals surface area contributed by atoms with Gasteiger partial charge < -0.3 is 10.1 Å². The highest BCUT2D eigenvalue weighted by Gasteiger charge is 2.20. The van der Waals surface area contributed by atoms with Crippen molar-refractivity contribution in [2.45, 2.75) is 38.7 Å². The smallest absolute Gasteiger partial charge is 0.0579 e. The molecule has 0 spiro atoms. The molecule has 3 heteroatoms. The van der Waals surface area contributed by atoms with Crippen molar-refractivity contribution < 1.29 is 4.74 Å². The molecule has 0 radical (unpaired) electrons. The van der Waals surface area contributed by atoms with E-state index in [-0.39, 0.29) is 0 Å². The van der Waals surface area contributed by atoms with Gasteiger partial charge in [-0.2, -0.15) is 0 Å². The minimum Gasteiger partial charge on any atom is -0.378 e. The van der Waals surface area contributed by atoms with E-state index < -0.39 is 0 Å². The zero-order valence-electron chi connectivity index (χ0n) is 11.7. The number of halogens is 1. The fourth-order valence-corrected chi connectivity index (χ4v) is 3.00. The van der Waals surface area contributed by atoms with Crippen LogP contribution in [0.25, 0.3) is 0 Å². The molecule has 106 valence electrons. The van der Waals surface area contributed by atoms with Crippen LogP contribution in [0.1, 0.15) is 31.7 Å². The maximum absolute atomic E-state index is 6.06. The standard InChI is InChI=1S/C16H24ClNO/c1-2-18-12-14(11-16-7-4-8-19-16)9-13-5-3-6-15(17)10-13/h3,5-6,10,14,16,18H,2,4,7-9,11-12H2,1H3. The first-order valence-corrected chi connectivity index (χ1v) is 7.72. The molecular formula is C16H24ClNO. The van der Waals surface area contributed by atoms with Crippen LogP contribution in [0.15, 0.2) is 24.3 Å². The predicted molar refractivity (Wildman–Crippen MR) is 80.8 cm³/mol. The molecule has 2 nitrogen and oxygen atoms in total. The maximum Gasteiger partial charge on any atom is 0.0579 e. The Morgan fingerprint density at radius 3 is 3.05 bits per heavy atom. The molecule has 19 heavy (non-hydrogen) atoms. The van der Waals surface area contributed by atoms with Gasteiger partial charge in [0.1, 0.15) is 0 Å². The summed E-state index contributed by atoms with van der Waals surface area (Å²) in [6.45, 7) is 5.18. The summed E-state index contributed by atoms with van der Waals surface area (Å²) in [6.07, 6.45) is 5.13. The summed E-state index contributed by atoms with van der Waals surface area (Å²) in [5.41, 5.74) is 1.33. The molecule has 1 aromatic carbocycles. The maximum atomic E-state index is 6.06. The third-order valence-corrected chi connectivity index (χ3v) is 3.95. The van der Waals surface area contributed by atoms with Crippen molar-refractivity contribution in [1.82, 2.24) is 5.32 Å². The van der Waals surface area contributed by atoms with E-state index in [1.807, 2.05) is 12.1 Å². The Labute approximate surface area is 121 Å². The summed E-state index contributed by atoms with van der Waals surface area (Å²) < 4.78 is 5.77. The minimum absolute atomic E-state index is 0.461. The first kappa shape index (κ1) is 14.8. The van der Waals surface area contributed by atoms with Crippen molar-refractivity contribution in [3.63, 3.8) is 0 Å². The van der Waals surface area contributed by atoms with Crippen LogP contribution in [0.5, 0.6) is 0 Å². The molecule has 0 aliphatic carbocycles. The van der Waals surface area contributed by atoms with E-state index in [4.69, 9.17) is 16.3 Å². The van der Waals surface area contributed by atoms with Crippen LogP contribution in [0.4, 0.5) is 0 Å². The number of nitrogens with one attached hydrogen (secondary N) is 1. The average molecular weight is 282 g/mol. The number of hydrogen-bond acceptors (Lipinski definition) is 2. The zero-order chi connectivity index (χ0) is 13.5. The first-order valence-electron chi connectivity index (χ1n) is 7.34. The molecule has 1 N–H and O–H groups in total. The Bertz CT molecular complexity index is 377. The van der Waals surface area contributed by atoms with Gasteiger partial charge in [0, 0.05) is 11.6 Å². The average Bonchev–Trinajstić information content (AvgIpc) is 2.89. The third-order valence-electron chi connectivity index (χ3n) is 3.72. The van der Waals surface area contributed by atoms with E-state index in [9.17, 15) is 0 Å². The Morgan fingerprint density at radius 1 is 1.47 bits per heavy atom. The van der Waals surface area contributed by atoms with Crippen LogP contribution in [0.3, 0.4) is 0 Å². The molecule has 1 heterocycles. The van der Waals surface area contributed by atoms with E-state index in [0.29, 0.717) is 12.0 Å². The lowest BCUT2D eigenvalue weighted by atomic mass is 9.92. The summed E-state index contributed by atoms with van der Waals surface area (Å²) in [5.74, 6) is 0.626. The molecule has 0 amide bonds. The Kier molecular flexibility index (Phi) is 6.15. The van der Waals surface area contributed by atoms with Crippen molar-refractivity contribution in [3.05, 3.63) is 34.9 Å². The molecule has 1 aromatic rings. The van der Waals surface area contributed by atoms with E-state index in [2.05, 4.69) is 24.4 Å². The van der Waals surface area contributed by atoms with Gasteiger partial charge in [-0.25, -0.2) is 0 Å². The lowest BCUT2D eigenvalue weighted by molar-refractivity contribution is 0.0893. The SMILES string of the molecule is CCNCC(Cc1cccc(Cl)c1)CC1CCCO1. The molecule has 2 unspecified atom stereocenters. The summed E-state index contributed by atoms with van der Waals surface area (Å²) in [4.78, 5) is 0. The van der Waals surface area contributed by atoms with Crippen LogP contribution in [0.2, 0.25) is 5.02 Å². The van der Waals surface area contributed by atoms with Gasteiger partial charge in [0.15, 0.2) is 0 Å². The Hall–Kier alpha value is -0.570. The lowest BCUT2D eigenvalue weighted by Gasteiger charge is -2.21. The zero-order valence-corrected chi connectivity index (χ0v) is 12.5. The van der Waals surface area contributed by atoms with Gasteiger partial charge in [0.05, 0.1) is 6.10 Å². The molecule has 0 bridgehead atoms. The highest BCUT2D eigenvalue weighted by Crippen LogP contribution is 2.23. The van der Waals surface area contributed by atoms with Crippen molar-refractivity contribution in [2.75, 3.05) is 19.7 Å². The summed E-state index contributed by atoms with van der Waals surface area (Å²) in [6, 6.07) is 8.22. The fraction of sp³-hybridized carbons (Fsp3) is 0.625. The fourth-order valence-electron chi connectivity index (χ4n) is 2.79. The van der Waals surface area contributed by atoms with E-state index >= 15 is 0 Å². The van der Waals surface area contributed by atoms with Gasteiger partial charge in [-0.3, -0.25) is 0 Å². The molecule has 1 fully saturated rings.